The average Bonchev–Trinajstić information content (AvgIpc) is 3.44. The SMILES string of the molecule is COc1ccc(CC(=O)O)cc1-c1ccc(C2CC2)cc1CNC(C)=O. The number of carboxylic acids is 1. The van der Waals surface area contributed by atoms with Gasteiger partial charge in [0.05, 0.1) is 13.5 Å². The van der Waals surface area contributed by atoms with Gasteiger partial charge in [-0.1, -0.05) is 24.3 Å². The van der Waals surface area contributed by atoms with Crippen LogP contribution in [0.2, 0.25) is 0 Å². The van der Waals surface area contributed by atoms with Crippen LogP contribution >= 0.6 is 0 Å². The van der Waals surface area contributed by atoms with E-state index in [2.05, 4.69) is 17.4 Å². The van der Waals surface area contributed by atoms with E-state index < -0.39 is 5.97 Å². The van der Waals surface area contributed by atoms with E-state index >= 15 is 0 Å². The molecule has 1 saturated carbocycles. The highest BCUT2D eigenvalue weighted by atomic mass is 16.5. The Hall–Kier alpha value is -2.82. The number of benzene rings is 2. The molecule has 0 bridgehead atoms. The van der Waals surface area contributed by atoms with Gasteiger partial charge in [0, 0.05) is 19.0 Å². The molecule has 3 rings (SSSR count). The minimum Gasteiger partial charge on any atom is -0.496 e. The van der Waals surface area contributed by atoms with Crippen molar-refractivity contribution < 1.29 is 19.4 Å². The number of carboxylic acid groups (broad SMARTS) is 1. The summed E-state index contributed by atoms with van der Waals surface area (Å²) in [5.41, 5.74) is 4.80. The van der Waals surface area contributed by atoms with Gasteiger partial charge in [-0.25, -0.2) is 0 Å². The Morgan fingerprint density at radius 1 is 1.15 bits per heavy atom. The molecule has 2 aromatic rings. The highest BCUT2D eigenvalue weighted by molar-refractivity contribution is 5.78. The summed E-state index contributed by atoms with van der Waals surface area (Å²) in [6.45, 7) is 1.93. The summed E-state index contributed by atoms with van der Waals surface area (Å²) in [7, 11) is 1.60. The highest BCUT2D eigenvalue weighted by Crippen LogP contribution is 2.42. The number of carbonyl (C=O) groups excluding carboxylic acids is 1. The monoisotopic (exact) mass is 353 g/mol. The van der Waals surface area contributed by atoms with Crippen molar-refractivity contribution in [3.63, 3.8) is 0 Å². The van der Waals surface area contributed by atoms with Gasteiger partial charge >= 0.3 is 5.97 Å². The normalized spacial score (nSPS) is 13.3. The number of carbonyl (C=O) groups is 2. The number of amides is 1. The molecule has 1 amide bonds. The van der Waals surface area contributed by atoms with Crippen molar-refractivity contribution in [2.45, 2.75) is 38.6 Å². The van der Waals surface area contributed by atoms with Gasteiger partial charge in [0.15, 0.2) is 0 Å². The van der Waals surface area contributed by atoms with E-state index in [1.165, 1.54) is 25.3 Å². The maximum atomic E-state index is 11.4. The van der Waals surface area contributed by atoms with E-state index in [0.29, 0.717) is 23.8 Å². The minimum atomic E-state index is -0.872. The Labute approximate surface area is 153 Å². The summed E-state index contributed by atoms with van der Waals surface area (Å²) in [4.78, 5) is 22.5. The fourth-order valence-corrected chi connectivity index (χ4v) is 3.16. The predicted octanol–water partition coefficient (Wildman–Crippen LogP) is 3.50. The van der Waals surface area contributed by atoms with Crippen LogP contribution in [0.1, 0.15) is 42.4 Å². The lowest BCUT2D eigenvalue weighted by Crippen LogP contribution is -2.19. The molecule has 1 aliphatic rings. The standard InChI is InChI=1S/C21H23NO4/c1-13(23)22-12-17-11-16(15-4-5-15)6-7-18(17)19-9-14(10-21(24)25)3-8-20(19)26-2/h3,6-9,11,15H,4-5,10,12H2,1-2H3,(H,22,23)(H,24,25). The van der Waals surface area contributed by atoms with Crippen molar-refractivity contribution in [3.05, 3.63) is 53.1 Å². The van der Waals surface area contributed by atoms with Crippen molar-refractivity contribution >= 4 is 11.9 Å². The smallest absolute Gasteiger partial charge is 0.307 e. The molecule has 0 spiro atoms. The molecule has 0 aromatic heterocycles. The minimum absolute atomic E-state index is 0.0435. The molecule has 0 saturated heterocycles. The quantitative estimate of drug-likeness (QED) is 0.799. The van der Waals surface area contributed by atoms with Gasteiger partial charge in [-0.2, -0.15) is 0 Å². The zero-order valence-electron chi connectivity index (χ0n) is 15.0. The molecule has 1 fully saturated rings. The first-order chi connectivity index (χ1) is 12.5. The van der Waals surface area contributed by atoms with Crippen LogP contribution in [0.25, 0.3) is 11.1 Å². The van der Waals surface area contributed by atoms with Crippen LogP contribution in [0.15, 0.2) is 36.4 Å². The van der Waals surface area contributed by atoms with E-state index in [4.69, 9.17) is 9.84 Å². The Balaban J connectivity index is 2.05. The molecular formula is C21H23NO4. The van der Waals surface area contributed by atoms with Crippen LogP contribution < -0.4 is 10.1 Å². The predicted molar refractivity (Wildman–Crippen MR) is 99.3 cm³/mol. The second-order valence-corrected chi connectivity index (χ2v) is 6.71. The highest BCUT2D eigenvalue weighted by Gasteiger charge is 2.24. The van der Waals surface area contributed by atoms with Crippen LogP contribution in [0, 0.1) is 0 Å². The summed E-state index contributed by atoms with van der Waals surface area (Å²) in [5.74, 6) is 0.339. The molecular weight excluding hydrogens is 330 g/mol. The maximum Gasteiger partial charge on any atom is 0.307 e. The Morgan fingerprint density at radius 2 is 1.92 bits per heavy atom. The lowest BCUT2D eigenvalue weighted by molar-refractivity contribution is -0.136. The number of aliphatic carboxylic acids is 1. The summed E-state index contributed by atoms with van der Waals surface area (Å²) in [5, 5.41) is 11.9. The molecule has 5 heteroatoms. The summed E-state index contributed by atoms with van der Waals surface area (Å²) in [6, 6.07) is 11.7. The van der Waals surface area contributed by atoms with Gasteiger partial charge in [0.25, 0.3) is 0 Å². The number of nitrogens with one attached hydrogen (secondary N) is 1. The van der Waals surface area contributed by atoms with Crippen LogP contribution in [0.3, 0.4) is 0 Å². The molecule has 2 aromatic carbocycles. The van der Waals surface area contributed by atoms with E-state index in [-0.39, 0.29) is 12.3 Å². The maximum absolute atomic E-state index is 11.4. The lowest BCUT2D eigenvalue weighted by Gasteiger charge is -2.16. The molecule has 0 heterocycles. The van der Waals surface area contributed by atoms with Crippen molar-refractivity contribution in [1.29, 1.82) is 0 Å². The molecule has 1 aliphatic carbocycles. The first-order valence-corrected chi connectivity index (χ1v) is 8.74. The largest absolute Gasteiger partial charge is 0.496 e. The van der Waals surface area contributed by atoms with E-state index in [0.717, 1.165) is 16.7 Å². The molecule has 5 nitrogen and oxygen atoms in total. The van der Waals surface area contributed by atoms with Crippen molar-refractivity contribution in [2.24, 2.45) is 0 Å². The second-order valence-electron chi connectivity index (χ2n) is 6.71. The van der Waals surface area contributed by atoms with E-state index in [1.807, 2.05) is 12.1 Å². The molecule has 0 aliphatic heterocycles. The van der Waals surface area contributed by atoms with Crippen molar-refractivity contribution in [3.8, 4) is 16.9 Å². The summed E-state index contributed by atoms with van der Waals surface area (Å²) >= 11 is 0. The Kier molecular flexibility index (Phi) is 5.26. The van der Waals surface area contributed by atoms with Gasteiger partial charge in [-0.05, 0) is 53.1 Å². The first-order valence-electron chi connectivity index (χ1n) is 8.74. The third kappa shape index (κ3) is 4.23. The number of hydrogen-bond donors (Lipinski definition) is 2. The fourth-order valence-electron chi connectivity index (χ4n) is 3.16. The lowest BCUT2D eigenvalue weighted by atomic mass is 9.93. The summed E-state index contributed by atoms with van der Waals surface area (Å²) in [6.07, 6.45) is 2.37. The summed E-state index contributed by atoms with van der Waals surface area (Å²) < 4.78 is 5.50. The second kappa shape index (κ2) is 7.60. The van der Waals surface area contributed by atoms with Gasteiger partial charge in [0.1, 0.15) is 5.75 Å². The third-order valence-electron chi connectivity index (χ3n) is 4.62. The molecule has 2 N–H and O–H groups in total. The van der Waals surface area contributed by atoms with Gasteiger partial charge in [-0.3, -0.25) is 9.59 Å². The number of rotatable bonds is 7. The Morgan fingerprint density at radius 3 is 2.54 bits per heavy atom. The van der Waals surface area contributed by atoms with Crippen LogP contribution in [-0.2, 0) is 22.6 Å². The van der Waals surface area contributed by atoms with Gasteiger partial charge < -0.3 is 15.2 Å². The van der Waals surface area contributed by atoms with E-state index in [9.17, 15) is 9.59 Å². The zero-order valence-corrected chi connectivity index (χ0v) is 15.0. The molecule has 0 unspecified atom stereocenters. The number of hydrogen-bond acceptors (Lipinski definition) is 3. The zero-order chi connectivity index (χ0) is 18.7. The Bertz CT molecular complexity index is 840. The molecule has 26 heavy (non-hydrogen) atoms. The topological polar surface area (TPSA) is 75.6 Å². The molecule has 0 atom stereocenters. The fraction of sp³-hybridized carbons (Fsp3) is 0.333. The van der Waals surface area contributed by atoms with Crippen LogP contribution in [0.4, 0.5) is 0 Å². The molecule has 136 valence electrons. The van der Waals surface area contributed by atoms with Gasteiger partial charge in [0.2, 0.25) is 5.91 Å². The molecule has 0 radical (unpaired) electrons. The average molecular weight is 353 g/mol. The third-order valence-corrected chi connectivity index (χ3v) is 4.62. The van der Waals surface area contributed by atoms with E-state index in [1.54, 1.807) is 19.2 Å². The first kappa shape index (κ1) is 18.0. The van der Waals surface area contributed by atoms with Crippen LogP contribution in [-0.4, -0.2) is 24.1 Å². The van der Waals surface area contributed by atoms with Crippen molar-refractivity contribution in [1.82, 2.24) is 5.32 Å². The van der Waals surface area contributed by atoms with Crippen LogP contribution in [0.5, 0.6) is 5.75 Å². The number of methoxy groups -OCH3 is 1. The van der Waals surface area contributed by atoms with Crippen molar-refractivity contribution in [2.75, 3.05) is 7.11 Å². The number of ether oxygens (including phenoxy) is 1. The van der Waals surface area contributed by atoms with Gasteiger partial charge in [-0.15, -0.1) is 0 Å².